The zero-order valence-electron chi connectivity index (χ0n) is 19.5. The molecule has 5 aliphatic carbocycles. The lowest BCUT2D eigenvalue weighted by Gasteiger charge is -2.60. The van der Waals surface area contributed by atoms with Gasteiger partial charge < -0.3 is 0 Å². The molecule has 0 unspecified atom stereocenters. The van der Waals surface area contributed by atoms with Crippen LogP contribution in [0.4, 0.5) is 0 Å². The molecule has 5 saturated carbocycles. The van der Waals surface area contributed by atoms with E-state index >= 15 is 0 Å². The van der Waals surface area contributed by atoms with Crippen LogP contribution in [0.2, 0.25) is 0 Å². The highest BCUT2D eigenvalue weighted by atomic mass is 14.6. The van der Waals surface area contributed by atoms with Gasteiger partial charge in [0.1, 0.15) is 0 Å². The van der Waals surface area contributed by atoms with Crippen LogP contribution in [0.3, 0.4) is 0 Å². The van der Waals surface area contributed by atoms with Gasteiger partial charge in [0.25, 0.3) is 0 Å². The van der Waals surface area contributed by atoms with Crippen molar-refractivity contribution in [3.8, 4) is 0 Å². The highest BCUT2D eigenvalue weighted by Gasteiger charge is 2.54. The highest BCUT2D eigenvalue weighted by molar-refractivity contribution is 5.05. The van der Waals surface area contributed by atoms with Crippen molar-refractivity contribution in [3.05, 3.63) is 0 Å². The van der Waals surface area contributed by atoms with Gasteiger partial charge in [0.05, 0.1) is 0 Å². The Kier molecular flexibility index (Phi) is 7.15. The van der Waals surface area contributed by atoms with Crippen LogP contribution >= 0.6 is 0 Å². The summed E-state index contributed by atoms with van der Waals surface area (Å²) in [5, 5.41) is 0. The average Bonchev–Trinajstić information content (AvgIpc) is 2.76. The van der Waals surface area contributed by atoms with Crippen LogP contribution in [-0.2, 0) is 0 Å². The second-order valence-electron chi connectivity index (χ2n) is 11.9. The minimum absolute atomic E-state index is 0.801. The maximum absolute atomic E-state index is 2.38. The molecule has 0 heterocycles. The highest BCUT2D eigenvalue weighted by Crippen LogP contribution is 2.66. The first-order valence-electron chi connectivity index (χ1n) is 13.7. The van der Waals surface area contributed by atoms with Crippen molar-refractivity contribution in [2.24, 2.45) is 34.5 Å². The molecule has 0 aromatic heterocycles. The summed E-state index contributed by atoms with van der Waals surface area (Å²) in [7, 11) is 0. The quantitative estimate of drug-likeness (QED) is 0.364. The Morgan fingerprint density at radius 3 is 1.32 bits per heavy atom. The van der Waals surface area contributed by atoms with E-state index in [0.717, 1.165) is 34.5 Å². The second-order valence-corrected chi connectivity index (χ2v) is 11.9. The van der Waals surface area contributed by atoms with Crippen molar-refractivity contribution in [1.29, 1.82) is 0 Å². The molecule has 0 atom stereocenters. The van der Waals surface area contributed by atoms with Crippen LogP contribution in [-0.4, -0.2) is 0 Å². The SMILES string of the molecule is CCCCCC1CCC(C23CCC([C@H]4CC[C@H](CCC)CC4)(CC2)CC3)CC1. The van der Waals surface area contributed by atoms with Crippen molar-refractivity contribution in [3.63, 3.8) is 0 Å². The molecular formula is C28H50. The Morgan fingerprint density at radius 1 is 0.500 bits per heavy atom. The molecule has 0 N–H and O–H groups in total. The minimum Gasteiger partial charge on any atom is -0.0654 e. The maximum Gasteiger partial charge on any atom is -0.0269 e. The first kappa shape index (κ1) is 21.2. The Labute approximate surface area is 177 Å². The summed E-state index contributed by atoms with van der Waals surface area (Å²) >= 11 is 0. The van der Waals surface area contributed by atoms with E-state index in [0.29, 0.717) is 0 Å². The van der Waals surface area contributed by atoms with Gasteiger partial charge in [0.15, 0.2) is 0 Å². The monoisotopic (exact) mass is 386 g/mol. The first-order chi connectivity index (χ1) is 13.7. The topological polar surface area (TPSA) is 0 Å². The molecule has 28 heavy (non-hydrogen) atoms. The molecule has 5 rings (SSSR count). The van der Waals surface area contributed by atoms with Gasteiger partial charge in [-0.25, -0.2) is 0 Å². The fourth-order valence-electron chi connectivity index (χ4n) is 8.69. The van der Waals surface area contributed by atoms with E-state index in [-0.39, 0.29) is 0 Å². The maximum atomic E-state index is 2.38. The molecular weight excluding hydrogens is 336 g/mol. The molecule has 0 aliphatic heterocycles. The van der Waals surface area contributed by atoms with Gasteiger partial charge in [0.2, 0.25) is 0 Å². The lowest BCUT2D eigenvalue weighted by atomic mass is 9.45. The number of rotatable bonds is 8. The molecule has 0 nitrogen and oxygen atoms in total. The molecule has 0 saturated heterocycles. The number of hydrogen-bond donors (Lipinski definition) is 0. The summed E-state index contributed by atoms with van der Waals surface area (Å²) in [5.74, 6) is 4.38. The van der Waals surface area contributed by atoms with Crippen molar-refractivity contribution < 1.29 is 0 Å². The molecule has 5 aliphatic rings. The summed E-state index contributed by atoms with van der Waals surface area (Å²) in [6.07, 6.45) is 31.1. The molecule has 0 heteroatoms. The Morgan fingerprint density at radius 2 is 0.929 bits per heavy atom. The summed E-state index contributed by atoms with van der Waals surface area (Å²) in [6, 6.07) is 0. The third kappa shape index (κ3) is 4.37. The van der Waals surface area contributed by atoms with Gasteiger partial charge in [-0.1, -0.05) is 78.1 Å². The van der Waals surface area contributed by atoms with Crippen LogP contribution < -0.4 is 0 Å². The Hall–Kier alpha value is 0. The van der Waals surface area contributed by atoms with Crippen molar-refractivity contribution >= 4 is 0 Å². The Bertz CT molecular complexity index is 436. The fourth-order valence-corrected chi connectivity index (χ4v) is 8.69. The molecule has 0 radical (unpaired) electrons. The average molecular weight is 387 g/mol. The summed E-state index contributed by atoms with van der Waals surface area (Å²) in [6.45, 7) is 4.73. The van der Waals surface area contributed by atoms with Crippen LogP contribution in [0, 0.1) is 34.5 Å². The summed E-state index contributed by atoms with van der Waals surface area (Å²) in [4.78, 5) is 0. The molecule has 0 amide bonds. The van der Waals surface area contributed by atoms with Gasteiger partial charge >= 0.3 is 0 Å². The molecule has 0 spiro atoms. The zero-order chi connectivity index (χ0) is 19.5. The molecule has 162 valence electrons. The summed E-state index contributed by atoms with van der Waals surface area (Å²) in [5.41, 5.74) is 1.60. The zero-order valence-corrected chi connectivity index (χ0v) is 19.5. The normalized spacial score (nSPS) is 43.9. The van der Waals surface area contributed by atoms with Crippen molar-refractivity contribution in [2.45, 2.75) is 142 Å². The lowest BCUT2D eigenvalue weighted by Crippen LogP contribution is -2.49. The van der Waals surface area contributed by atoms with Crippen LogP contribution in [0.25, 0.3) is 0 Å². The van der Waals surface area contributed by atoms with Gasteiger partial charge in [0, 0.05) is 0 Å². The summed E-state index contributed by atoms with van der Waals surface area (Å²) < 4.78 is 0. The fraction of sp³-hybridized carbons (Fsp3) is 1.00. The van der Waals surface area contributed by atoms with E-state index in [9.17, 15) is 0 Å². The third-order valence-electron chi connectivity index (χ3n) is 10.7. The van der Waals surface area contributed by atoms with E-state index < -0.39 is 0 Å². The Balaban J connectivity index is 1.26. The van der Waals surface area contributed by atoms with Crippen LogP contribution in [0.5, 0.6) is 0 Å². The van der Waals surface area contributed by atoms with E-state index in [1.807, 2.05) is 0 Å². The standard InChI is InChI=1S/C28H50/c1-3-5-6-8-24-11-15-26(16-12-24)28-20-17-27(18-21-28,19-22-28)25-13-9-23(7-4-2)10-14-25/h23-26H,3-22H2,1-2H3/t23-,24?,25-,26?,27?,28?. The van der Waals surface area contributed by atoms with Gasteiger partial charge in [-0.05, 0) is 98.7 Å². The van der Waals surface area contributed by atoms with Gasteiger partial charge in [-0.15, -0.1) is 0 Å². The van der Waals surface area contributed by atoms with Gasteiger partial charge in [-0.3, -0.25) is 0 Å². The molecule has 0 aromatic carbocycles. The lowest BCUT2D eigenvalue weighted by molar-refractivity contribution is -0.0959. The number of fused-ring (bicyclic) bond motifs is 3. The minimum atomic E-state index is 0.801. The largest absolute Gasteiger partial charge is 0.0654 e. The smallest absolute Gasteiger partial charge is 0.0269 e. The van der Waals surface area contributed by atoms with Crippen LogP contribution in [0.1, 0.15) is 142 Å². The molecule has 0 aromatic rings. The van der Waals surface area contributed by atoms with E-state index in [2.05, 4.69) is 13.8 Å². The van der Waals surface area contributed by atoms with E-state index in [1.165, 1.54) is 38.5 Å². The predicted molar refractivity (Wildman–Crippen MR) is 123 cm³/mol. The van der Waals surface area contributed by atoms with Gasteiger partial charge in [-0.2, -0.15) is 0 Å². The predicted octanol–water partition coefficient (Wildman–Crippen LogP) is 9.32. The van der Waals surface area contributed by atoms with Crippen LogP contribution in [0.15, 0.2) is 0 Å². The third-order valence-corrected chi connectivity index (χ3v) is 10.7. The van der Waals surface area contributed by atoms with E-state index in [4.69, 9.17) is 0 Å². The second kappa shape index (κ2) is 9.43. The number of hydrogen-bond acceptors (Lipinski definition) is 0. The first-order valence-corrected chi connectivity index (χ1v) is 13.7. The van der Waals surface area contributed by atoms with E-state index in [1.54, 1.807) is 89.9 Å². The molecule has 2 bridgehead atoms. The number of unbranched alkanes of at least 4 members (excludes halogenated alkanes) is 2. The van der Waals surface area contributed by atoms with Crippen molar-refractivity contribution in [2.75, 3.05) is 0 Å². The molecule has 5 fully saturated rings. The van der Waals surface area contributed by atoms with Crippen molar-refractivity contribution in [1.82, 2.24) is 0 Å².